The second-order valence-corrected chi connectivity index (χ2v) is 21.4. The highest BCUT2D eigenvalue weighted by Gasteiger charge is 2.36. The highest BCUT2D eigenvalue weighted by Crippen LogP contribution is 2.15. The molecule has 0 aliphatic rings. The summed E-state index contributed by atoms with van der Waals surface area (Å²) in [4.78, 5) is 153. The lowest BCUT2D eigenvalue weighted by molar-refractivity contribution is -0.143. The standard InChI is InChI=1S/C53H88N18O13/c1-28(2)22-37(47(79)64-36(14-11-20-61-53(57)58)45(77)67-39(25-41(73)74)49(81)69-40(51(83)84)23-31-15-17-33(72)18-16-31)68-50(82)42(29(3)4)70-46(78)34(12-8-9-21-71(6)7)63-44(76)35(13-10-19-60-52(55)56)65-48(80)38(66-43(75)30(5)54)24-32-26-59-27-62-32/h15-18,26-30,34-40,42,72H,8-14,19-25,54H2,1-7H3,(H,59,62)(H,63,76)(H,64,79)(H,65,80)(H,66,75)(H,67,77)(H,68,82)(H,69,81)(H,70,78)(H,73,74)(H,83,84)(H4,55,56,60)(H4,57,58,61)/t30-,34-,35-,36-,37-,38-,39-,40-,42-/m0/s1. The van der Waals surface area contributed by atoms with Crippen LogP contribution in [0.5, 0.6) is 5.75 Å². The molecule has 22 N–H and O–H groups in total. The van der Waals surface area contributed by atoms with Gasteiger partial charge in [0.15, 0.2) is 11.9 Å². The molecule has 2 rings (SSSR count). The maximum Gasteiger partial charge on any atom is 0.326 e. The number of aromatic hydroxyl groups is 1. The molecule has 31 nitrogen and oxygen atoms in total. The molecule has 0 saturated heterocycles. The van der Waals surface area contributed by atoms with Crippen molar-refractivity contribution in [2.75, 3.05) is 33.7 Å². The van der Waals surface area contributed by atoms with Gasteiger partial charge in [0.2, 0.25) is 47.3 Å². The van der Waals surface area contributed by atoms with Crippen molar-refractivity contribution in [2.45, 2.75) is 160 Å². The van der Waals surface area contributed by atoms with E-state index in [1.54, 1.807) is 27.7 Å². The van der Waals surface area contributed by atoms with Crippen molar-refractivity contribution in [1.29, 1.82) is 0 Å². The van der Waals surface area contributed by atoms with Gasteiger partial charge in [-0.1, -0.05) is 39.8 Å². The zero-order chi connectivity index (χ0) is 63.2. The summed E-state index contributed by atoms with van der Waals surface area (Å²) >= 11 is 0. The molecule has 1 aromatic carbocycles. The van der Waals surface area contributed by atoms with Gasteiger partial charge in [-0.25, -0.2) is 9.78 Å². The Hall–Kier alpha value is -8.61. The summed E-state index contributed by atoms with van der Waals surface area (Å²) in [7, 11) is 3.73. The minimum atomic E-state index is -1.86. The number of phenols is 1. The zero-order valence-electron chi connectivity index (χ0n) is 48.8. The molecule has 1 aromatic heterocycles. The van der Waals surface area contributed by atoms with E-state index in [-0.39, 0.29) is 88.0 Å². The lowest BCUT2D eigenvalue weighted by atomic mass is 9.98. The minimum Gasteiger partial charge on any atom is -0.508 e. The number of amides is 8. The number of aromatic nitrogens is 2. The molecule has 0 aliphatic carbocycles. The van der Waals surface area contributed by atoms with E-state index in [0.717, 1.165) is 0 Å². The molecular formula is C53H88N18O13. The third kappa shape index (κ3) is 27.9. The van der Waals surface area contributed by atoms with Gasteiger partial charge < -0.3 is 96.4 Å². The fourth-order valence-corrected chi connectivity index (χ4v) is 8.29. The number of phenolic OH excluding ortho intramolecular Hbond substituents is 1. The summed E-state index contributed by atoms with van der Waals surface area (Å²) in [6, 6.07) is -7.07. The second kappa shape index (κ2) is 36.8. The normalized spacial score (nSPS) is 14.4. The van der Waals surface area contributed by atoms with Crippen molar-refractivity contribution in [3.05, 3.63) is 48.0 Å². The Morgan fingerprint density at radius 1 is 0.571 bits per heavy atom. The lowest BCUT2D eigenvalue weighted by Crippen LogP contribution is -2.61. The summed E-state index contributed by atoms with van der Waals surface area (Å²) in [5.41, 5.74) is 28.7. The predicted octanol–water partition coefficient (Wildman–Crippen LogP) is -3.77. The average Bonchev–Trinajstić information content (AvgIpc) is 4.00. The number of unbranched alkanes of at least 4 members (excludes halogenated alkanes) is 1. The number of nitrogens with zero attached hydrogens (tertiary/aromatic N) is 4. The van der Waals surface area contributed by atoms with E-state index < -0.39 is 126 Å². The highest BCUT2D eigenvalue weighted by molar-refractivity contribution is 5.98. The average molecular weight is 1190 g/mol. The van der Waals surface area contributed by atoms with Gasteiger partial charge in [-0.05, 0) is 108 Å². The van der Waals surface area contributed by atoms with Crippen molar-refractivity contribution in [2.24, 2.45) is 50.5 Å². The first kappa shape index (κ1) is 71.5. The van der Waals surface area contributed by atoms with Gasteiger partial charge >= 0.3 is 11.9 Å². The van der Waals surface area contributed by atoms with Gasteiger partial charge in [0, 0.05) is 37.8 Å². The molecule has 2 aromatic rings. The van der Waals surface area contributed by atoms with E-state index in [0.29, 0.717) is 30.6 Å². The molecular weight excluding hydrogens is 1100 g/mol. The molecule has 0 fully saturated rings. The monoisotopic (exact) mass is 1180 g/mol. The highest BCUT2D eigenvalue weighted by atomic mass is 16.4. The van der Waals surface area contributed by atoms with E-state index in [1.807, 2.05) is 19.0 Å². The maximum absolute atomic E-state index is 14.5. The summed E-state index contributed by atoms with van der Waals surface area (Å²) in [6.07, 6.45) is 2.56. The number of carboxylic acids is 2. The number of hydrogen-bond acceptors (Lipinski definition) is 16. The number of nitrogens with two attached hydrogens (primary N) is 5. The Labute approximate surface area is 488 Å². The quantitative estimate of drug-likeness (QED) is 0.0174. The van der Waals surface area contributed by atoms with Gasteiger partial charge in [0.1, 0.15) is 54.1 Å². The number of carboxylic acid groups (broad SMARTS) is 2. The number of aliphatic imine (C=N–C) groups is 2. The number of aliphatic carboxylic acids is 2. The van der Waals surface area contributed by atoms with Crippen LogP contribution in [0.15, 0.2) is 46.8 Å². The number of nitrogens with one attached hydrogen (secondary N) is 9. The Bertz CT molecular complexity index is 2540. The molecule has 0 radical (unpaired) electrons. The number of hydrogen-bond donors (Lipinski definition) is 17. The number of imidazole rings is 1. The molecule has 0 saturated carbocycles. The Balaban J connectivity index is 2.49. The van der Waals surface area contributed by atoms with Gasteiger partial charge in [0.05, 0.1) is 18.8 Å². The van der Waals surface area contributed by atoms with Gasteiger partial charge in [-0.3, -0.25) is 53.1 Å². The number of H-pyrrole nitrogens is 1. The van der Waals surface area contributed by atoms with Crippen LogP contribution in [-0.2, 0) is 60.8 Å². The van der Waals surface area contributed by atoms with Crippen LogP contribution in [0.4, 0.5) is 0 Å². The lowest BCUT2D eigenvalue weighted by Gasteiger charge is -2.29. The smallest absolute Gasteiger partial charge is 0.326 e. The summed E-state index contributed by atoms with van der Waals surface area (Å²) in [5, 5.41) is 50.0. The number of benzene rings is 1. The molecule has 1 heterocycles. The van der Waals surface area contributed by atoms with E-state index in [1.165, 1.54) is 43.7 Å². The van der Waals surface area contributed by atoms with E-state index in [9.17, 15) is 63.3 Å². The number of rotatable bonds is 39. The van der Waals surface area contributed by atoms with E-state index in [2.05, 4.69) is 62.5 Å². The fourth-order valence-electron chi connectivity index (χ4n) is 8.29. The third-order valence-corrected chi connectivity index (χ3v) is 12.8. The van der Waals surface area contributed by atoms with Crippen molar-refractivity contribution in [3.63, 3.8) is 0 Å². The van der Waals surface area contributed by atoms with Crippen molar-refractivity contribution < 1.29 is 63.3 Å². The van der Waals surface area contributed by atoms with Gasteiger partial charge in [0.25, 0.3) is 0 Å². The predicted molar refractivity (Wildman–Crippen MR) is 310 cm³/mol. The van der Waals surface area contributed by atoms with Crippen LogP contribution < -0.4 is 71.2 Å². The minimum absolute atomic E-state index is 0.0150. The summed E-state index contributed by atoms with van der Waals surface area (Å²) < 4.78 is 0. The SMILES string of the molecule is CC(C)C[C@H](NC(=O)[C@@H](NC(=O)[C@H](CCCCN(C)C)NC(=O)[C@H](CCCN=C(N)N)NC(=O)[C@H](Cc1cnc[nH]1)NC(=O)[C@H](C)N)C(C)C)C(=O)N[C@@H](CCCN=C(N)N)C(=O)N[C@@H](CC(=O)O)C(=O)N[C@@H](Cc1ccc(O)cc1)C(=O)O. The first-order chi connectivity index (χ1) is 39.5. The van der Waals surface area contributed by atoms with Crippen LogP contribution >= 0.6 is 0 Å². The van der Waals surface area contributed by atoms with Crippen LogP contribution in [0.1, 0.15) is 104 Å². The van der Waals surface area contributed by atoms with E-state index in [4.69, 9.17) is 28.7 Å². The van der Waals surface area contributed by atoms with Gasteiger partial charge in [-0.15, -0.1) is 0 Å². The molecule has 9 atom stereocenters. The topological polar surface area (TPSA) is 514 Å². The maximum atomic E-state index is 14.5. The number of carbonyl (C=O) groups excluding carboxylic acids is 8. The second-order valence-electron chi connectivity index (χ2n) is 21.4. The van der Waals surface area contributed by atoms with Crippen molar-refractivity contribution in [3.8, 4) is 5.75 Å². The number of guanidine groups is 2. The number of carbonyl (C=O) groups is 10. The van der Waals surface area contributed by atoms with Crippen LogP contribution in [0.2, 0.25) is 0 Å². The molecule has 31 heteroatoms. The van der Waals surface area contributed by atoms with Crippen molar-refractivity contribution >= 4 is 71.1 Å². The van der Waals surface area contributed by atoms with Crippen LogP contribution in [0, 0.1) is 11.8 Å². The Morgan fingerprint density at radius 2 is 1.02 bits per heavy atom. The Kier molecular flexibility index (Phi) is 31.3. The van der Waals surface area contributed by atoms with Crippen LogP contribution in [0.25, 0.3) is 0 Å². The first-order valence-electron chi connectivity index (χ1n) is 27.6. The first-order valence-corrected chi connectivity index (χ1v) is 27.6. The van der Waals surface area contributed by atoms with Gasteiger partial charge in [-0.2, -0.15) is 0 Å². The molecule has 0 spiro atoms. The number of aromatic amines is 1. The molecule has 84 heavy (non-hydrogen) atoms. The Morgan fingerprint density at radius 3 is 1.48 bits per heavy atom. The van der Waals surface area contributed by atoms with Crippen molar-refractivity contribution in [1.82, 2.24) is 57.4 Å². The van der Waals surface area contributed by atoms with E-state index >= 15 is 0 Å². The fraction of sp³-hybridized carbons (Fsp3) is 0.604. The molecule has 0 aliphatic heterocycles. The largest absolute Gasteiger partial charge is 0.508 e. The molecule has 8 amide bonds. The summed E-state index contributed by atoms with van der Waals surface area (Å²) in [5.74, 6) is -11.5. The summed E-state index contributed by atoms with van der Waals surface area (Å²) in [6.45, 7) is 8.86. The zero-order valence-corrected chi connectivity index (χ0v) is 48.8. The third-order valence-electron chi connectivity index (χ3n) is 12.8. The molecule has 468 valence electrons. The molecule has 0 unspecified atom stereocenters. The van der Waals surface area contributed by atoms with Crippen LogP contribution in [-0.4, -0.2) is 189 Å². The molecule has 0 bridgehead atoms. The van der Waals surface area contributed by atoms with Crippen LogP contribution in [0.3, 0.4) is 0 Å².